The number of pyridine rings is 1. The summed E-state index contributed by atoms with van der Waals surface area (Å²) in [5.41, 5.74) is -1.86. The Morgan fingerprint density at radius 2 is 1.83 bits per heavy atom. The third-order valence-electron chi connectivity index (χ3n) is 4.06. The van der Waals surface area contributed by atoms with E-state index in [0.29, 0.717) is 6.07 Å². The Kier molecular flexibility index (Phi) is 6.13. The molecule has 0 aliphatic rings. The van der Waals surface area contributed by atoms with Crippen molar-refractivity contribution in [3.63, 3.8) is 0 Å². The first kappa shape index (κ1) is 21.4. The predicted molar refractivity (Wildman–Crippen MR) is 93.9 cm³/mol. The summed E-state index contributed by atoms with van der Waals surface area (Å²) in [6.45, 7) is -2.33. The lowest BCUT2D eigenvalue weighted by Gasteiger charge is -2.12. The number of hydrogen-bond donors (Lipinski definition) is 1. The van der Waals surface area contributed by atoms with Crippen LogP contribution in [0, 0.1) is 6.92 Å². The zero-order valence-electron chi connectivity index (χ0n) is 15.3. The Morgan fingerprint density at radius 3 is 2.47 bits per heavy atom. The summed E-state index contributed by atoms with van der Waals surface area (Å²) >= 11 is 0. The van der Waals surface area contributed by atoms with Crippen molar-refractivity contribution in [2.45, 2.75) is 32.9 Å². The number of hydrogen-bond acceptors (Lipinski definition) is 4. The second kappa shape index (κ2) is 8.59. The van der Waals surface area contributed by atoms with E-state index in [0.717, 1.165) is 4.68 Å². The molecule has 160 valence electrons. The highest BCUT2D eigenvalue weighted by Gasteiger charge is 2.24. The maximum Gasteiger partial charge on any atom is 0.387 e. The molecule has 12 heteroatoms. The van der Waals surface area contributed by atoms with Gasteiger partial charge in [-0.25, -0.2) is 27.2 Å². The fourth-order valence-electron chi connectivity index (χ4n) is 2.90. The second-order valence-corrected chi connectivity index (χ2v) is 6.10. The van der Waals surface area contributed by atoms with Crippen LogP contribution in [0.1, 0.15) is 29.8 Å². The molecule has 1 amide bonds. The van der Waals surface area contributed by atoms with E-state index in [1.807, 2.05) is 0 Å². The average Bonchev–Trinajstić information content (AvgIpc) is 2.97. The molecule has 6 nitrogen and oxygen atoms in total. The maximum atomic E-state index is 13.4. The Hall–Kier alpha value is -3.31. The number of amides is 1. The molecule has 0 saturated heterocycles. The molecule has 2 aromatic heterocycles. The minimum atomic E-state index is -3.12. The Labute approximate surface area is 165 Å². The number of nitrogens with zero attached hydrogens (tertiary/aromatic N) is 3. The quantitative estimate of drug-likeness (QED) is 0.542. The number of rotatable bonds is 7. The molecular formula is C18H14F6N4O2. The number of para-hydroxylation sites is 2. The van der Waals surface area contributed by atoms with Crippen LogP contribution in [0.3, 0.4) is 0 Å². The topological polar surface area (TPSA) is 69.0 Å². The van der Waals surface area contributed by atoms with Gasteiger partial charge in [0, 0.05) is 5.56 Å². The van der Waals surface area contributed by atoms with Gasteiger partial charge < -0.3 is 10.1 Å². The van der Waals surface area contributed by atoms with E-state index in [2.05, 4.69) is 20.1 Å². The van der Waals surface area contributed by atoms with E-state index in [-0.39, 0.29) is 28.2 Å². The number of aryl methyl sites for hydroxylation is 1. The lowest BCUT2D eigenvalue weighted by Crippen LogP contribution is -2.20. The van der Waals surface area contributed by atoms with Gasteiger partial charge in [0.25, 0.3) is 12.9 Å². The van der Waals surface area contributed by atoms with E-state index >= 15 is 0 Å². The molecule has 3 aromatic rings. The van der Waals surface area contributed by atoms with Crippen LogP contribution in [0.2, 0.25) is 0 Å². The van der Waals surface area contributed by atoms with Gasteiger partial charge in [-0.15, -0.1) is 0 Å². The number of alkyl halides is 6. The maximum absolute atomic E-state index is 13.4. The van der Waals surface area contributed by atoms with Crippen molar-refractivity contribution in [1.29, 1.82) is 0 Å². The molecular weight excluding hydrogens is 418 g/mol. The molecule has 0 unspecified atom stereocenters. The zero-order valence-corrected chi connectivity index (χ0v) is 15.3. The summed E-state index contributed by atoms with van der Waals surface area (Å²) in [6, 6.07) is 6.01. The smallest absolute Gasteiger partial charge is 0.387 e. The van der Waals surface area contributed by atoms with Gasteiger partial charge in [-0.3, -0.25) is 4.79 Å². The minimum Gasteiger partial charge on any atom is -0.433 e. The normalized spacial score (nSPS) is 11.7. The number of ether oxygens (including phenoxy) is 1. The number of fused-ring (bicyclic) bond motifs is 1. The van der Waals surface area contributed by atoms with Gasteiger partial charge in [0.2, 0.25) is 5.91 Å². The first-order valence-electron chi connectivity index (χ1n) is 8.45. The van der Waals surface area contributed by atoms with E-state index in [9.17, 15) is 31.1 Å². The van der Waals surface area contributed by atoms with Crippen LogP contribution in [-0.4, -0.2) is 27.3 Å². The number of aromatic nitrogens is 3. The van der Waals surface area contributed by atoms with E-state index in [4.69, 9.17) is 0 Å². The number of benzene rings is 1. The molecule has 0 spiro atoms. The Morgan fingerprint density at radius 1 is 1.13 bits per heavy atom. The first-order valence-corrected chi connectivity index (χ1v) is 8.45. The molecule has 1 N–H and O–H groups in total. The van der Waals surface area contributed by atoms with Crippen LogP contribution >= 0.6 is 0 Å². The third-order valence-corrected chi connectivity index (χ3v) is 4.06. The molecule has 0 aliphatic heterocycles. The van der Waals surface area contributed by atoms with Crippen molar-refractivity contribution < 1.29 is 35.9 Å². The van der Waals surface area contributed by atoms with Gasteiger partial charge in [-0.05, 0) is 25.1 Å². The summed E-state index contributed by atoms with van der Waals surface area (Å²) in [5.74, 6) is -1.08. The Bertz CT molecular complexity index is 1070. The van der Waals surface area contributed by atoms with Crippen LogP contribution in [0.4, 0.5) is 32.0 Å². The minimum absolute atomic E-state index is 0.0644. The zero-order chi connectivity index (χ0) is 22.0. The van der Waals surface area contributed by atoms with Crippen LogP contribution < -0.4 is 10.1 Å². The number of carbonyl (C=O) groups is 1. The third kappa shape index (κ3) is 4.47. The van der Waals surface area contributed by atoms with Crippen molar-refractivity contribution in [2.75, 3.05) is 5.32 Å². The van der Waals surface area contributed by atoms with Gasteiger partial charge in [-0.1, -0.05) is 12.1 Å². The van der Waals surface area contributed by atoms with Crippen LogP contribution in [-0.2, 0) is 11.3 Å². The molecule has 2 heterocycles. The van der Waals surface area contributed by atoms with Gasteiger partial charge >= 0.3 is 6.61 Å². The molecule has 0 aliphatic carbocycles. The first-order chi connectivity index (χ1) is 14.2. The number of anilines is 1. The monoisotopic (exact) mass is 432 g/mol. The standard InChI is InChI=1S/C18H14F6N4O2/c1-8-14-9(15(19)20)6-11(16(21)22)26-17(14)28(27-8)7-13(29)25-10-4-2-3-5-12(10)30-18(23)24/h2-6,15-16,18H,7H2,1H3,(H,25,29). The molecule has 3 rings (SSSR count). The summed E-state index contributed by atoms with van der Waals surface area (Å²) < 4.78 is 83.1. The van der Waals surface area contributed by atoms with Gasteiger partial charge in [0.15, 0.2) is 5.65 Å². The van der Waals surface area contributed by atoms with Crippen molar-refractivity contribution in [3.8, 4) is 5.75 Å². The van der Waals surface area contributed by atoms with Crippen molar-refractivity contribution >= 4 is 22.6 Å². The van der Waals surface area contributed by atoms with Crippen LogP contribution in [0.5, 0.6) is 5.75 Å². The average molecular weight is 432 g/mol. The van der Waals surface area contributed by atoms with Gasteiger partial charge in [0.1, 0.15) is 18.0 Å². The highest BCUT2D eigenvalue weighted by atomic mass is 19.3. The number of halogens is 6. The van der Waals surface area contributed by atoms with E-state index in [1.54, 1.807) is 0 Å². The van der Waals surface area contributed by atoms with Crippen LogP contribution in [0.25, 0.3) is 11.0 Å². The summed E-state index contributed by atoms with van der Waals surface area (Å²) in [7, 11) is 0. The molecule has 30 heavy (non-hydrogen) atoms. The molecule has 0 atom stereocenters. The van der Waals surface area contributed by atoms with Crippen molar-refractivity contribution in [3.05, 3.63) is 47.3 Å². The molecule has 0 bridgehead atoms. The van der Waals surface area contributed by atoms with Gasteiger partial charge in [-0.2, -0.15) is 13.9 Å². The van der Waals surface area contributed by atoms with Crippen molar-refractivity contribution in [2.24, 2.45) is 0 Å². The molecule has 0 fully saturated rings. The number of nitrogens with one attached hydrogen (secondary N) is 1. The SMILES string of the molecule is Cc1nn(CC(=O)Nc2ccccc2OC(F)F)c2nc(C(F)F)cc(C(F)F)c12. The summed E-state index contributed by atoms with van der Waals surface area (Å²) in [4.78, 5) is 16.0. The lowest BCUT2D eigenvalue weighted by atomic mass is 10.1. The molecule has 0 radical (unpaired) electrons. The predicted octanol–water partition coefficient (Wildman–Crippen LogP) is 4.86. The largest absolute Gasteiger partial charge is 0.433 e. The summed E-state index contributed by atoms with van der Waals surface area (Å²) in [6.07, 6.45) is -6.17. The van der Waals surface area contributed by atoms with Gasteiger partial charge in [0.05, 0.1) is 16.8 Å². The van der Waals surface area contributed by atoms with E-state index in [1.165, 1.54) is 31.2 Å². The number of carbonyl (C=O) groups excluding carboxylic acids is 1. The van der Waals surface area contributed by atoms with E-state index < -0.39 is 43.2 Å². The lowest BCUT2D eigenvalue weighted by molar-refractivity contribution is -0.116. The highest BCUT2D eigenvalue weighted by Crippen LogP contribution is 2.32. The Balaban J connectivity index is 1.94. The summed E-state index contributed by atoms with van der Waals surface area (Å²) in [5, 5.41) is 6.14. The highest BCUT2D eigenvalue weighted by molar-refractivity contribution is 5.93. The van der Waals surface area contributed by atoms with Crippen molar-refractivity contribution in [1.82, 2.24) is 14.8 Å². The molecule has 1 aromatic carbocycles. The fraction of sp³-hybridized carbons (Fsp3) is 0.278. The second-order valence-electron chi connectivity index (χ2n) is 6.10. The van der Waals surface area contributed by atoms with Crippen LogP contribution in [0.15, 0.2) is 30.3 Å². The fourth-order valence-corrected chi connectivity index (χ4v) is 2.90. The molecule has 0 saturated carbocycles.